The summed E-state index contributed by atoms with van der Waals surface area (Å²) in [5.41, 5.74) is 2.00. The molecule has 0 spiro atoms. The molecule has 0 atom stereocenters. The molecule has 5 nitrogen and oxygen atoms in total. The molecule has 2 aromatic carbocycles. The van der Waals surface area contributed by atoms with Crippen LogP contribution in [0.15, 0.2) is 69.5 Å². The zero-order valence-electron chi connectivity index (χ0n) is 14.4. The van der Waals surface area contributed by atoms with Crippen LogP contribution in [0, 0.1) is 0 Å². The third kappa shape index (κ3) is 3.73. The number of nitrogens with zero attached hydrogens (tertiary/aromatic N) is 2. The van der Waals surface area contributed by atoms with Gasteiger partial charge in [-0.25, -0.2) is 4.98 Å². The summed E-state index contributed by atoms with van der Waals surface area (Å²) in [7, 11) is 0. The van der Waals surface area contributed by atoms with Gasteiger partial charge in [0.05, 0.1) is 22.4 Å². The number of carbonyl (C=O) groups excluding carboxylic acids is 1. The number of hydrogen-bond acceptors (Lipinski definition) is 4. The SMILES string of the molecule is O=C(Cn1cnc2scc(-c3ccccc3)c2c1=O)Nc1ccc(Br)cc1Cl. The number of rotatable bonds is 4. The molecule has 0 aliphatic rings. The number of fused-ring (bicyclic) bond motifs is 1. The van der Waals surface area contributed by atoms with Crippen molar-refractivity contribution in [3.63, 3.8) is 0 Å². The molecule has 0 unspecified atom stereocenters. The Hall–Kier alpha value is -2.48. The van der Waals surface area contributed by atoms with Crippen molar-refractivity contribution in [2.75, 3.05) is 5.32 Å². The van der Waals surface area contributed by atoms with Gasteiger partial charge in [-0.3, -0.25) is 14.2 Å². The average Bonchev–Trinajstić information content (AvgIpc) is 3.12. The van der Waals surface area contributed by atoms with Crippen LogP contribution in [0.5, 0.6) is 0 Å². The summed E-state index contributed by atoms with van der Waals surface area (Å²) in [6.07, 6.45) is 1.40. The number of amides is 1. The molecule has 4 rings (SSSR count). The van der Waals surface area contributed by atoms with Crippen molar-refractivity contribution in [2.24, 2.45) is 0 Å². The molecule has 2 aromatic heterocycles. The Bertz CT molecular complexity index is 1240. The van der Waals surface area contributed by atoms with E-state index in [0.29, 0.717) is 20.9 Å². The molecule has 0 aliphatic carbocycles. The fourth-order valence-corrected chi connectivity index (χ4v) is 4.47. The van der Waals surface area contributed by atoms with Crippen LogP contribution >= 0.6 is 38.9 Å². The lowest BCUT2D eigenvalue weighted by molar-refractivity contribution is -0.116. The Morgan fingerprint density at radius 1 is 1.21 bits per heavy atom. The maximum atomic E-state index is 13.0. The number of thiophene rings is 1. The second-order valence-electron chi connectivity index (χ2n) is 6.05. The number of anilines is 1. The van der Waals surface area contributed by atoms with Crippen LogP contribution < -0.4 is 10.9 Å². The van der Waals surface area contributed by atoms with E-state index in [1.807, 2.05) is 35.7 Å². The van der Waals surface area contributed by atoms with Crippen molar-refractivity contribution >= 4 is 60.7 Å². The number of benzene rings is 2. The molecular formula is C20H13BrClN3O2S. The Morgan fingerprint density at radius 3 is 2.75 bits per heavy atom. The van der Waals surface area contributed by atoms with Crippen LogP contribution in [-0.4, -0.2) is 15.5 Å². The largest absolute Gasteiger partial charge is 0.323 e. The maximum absolute atomic E-state index is 13.0. The zero-order chi connectivity index (χ0) is 19.7. The maximum Gasteiger partial charge on any atom is 0.263 e. The second kappa shape index (κ2) is 7.87. The van der Waals surface area contributed by atoms with Crippen LogP contribution in [0.3, 0.4) is 0 Å². The Morgan fingerprint density at radius 2 is 2.00 bits per heavy atom. The van der Waals surface area contributed by atoms with Crippen LogP contribution in [0.25, 0.3) is 21.3 Å². The highest BCUT2D eigenvalue weighted by atomic mass is 79.9. The predicted molar refractivity (Wildman–Crippen MR) is 117 cm³/mol. The first-order valence-corrected chi connectivity index (χ1v) is 10.3. The molecular weight excluding hydrogens is 462 g/mol. The molecule has 0 saturated heterocycles. The van der Waals surface area contributed by atoms with Gasteiger partial charge in [-0.15, -0.1) is 11.3 Å². The predicted octanol–water partition coefficient (Wildman–Crippen LogP) is 5.18. The van der Waals surface area contributed by atoms with E-state index in [1.165, 1.54) is 22.2 Å². The van der Waals surface area contributed by atoms with Gasteiger partial charge in [0.15, 0.2) is 0 Å². The fraction of sp³-hybridized carbons (Fsp3) is 0.0500. The third-order valence-corrected chi connectivity index (χ3v) is 5.86. The number of halogens is 2. The lowest BCUT2D eigenvalue weighted by Crippen LogP contribution is -2.27. The average molecular weight is 475 g/mol. The Balaban J connectivity index is 1.65. The molecule has 0 aliphatic heterocycles. The topological polar surface area (TPSA) is 64.0 Å². The van der Waals surface area contributed by atoms with E-state index in [9.17, 15) is 9.59 Å². The highest BCUT2D eigenvalue weighted by Crippen LogP contribution is 2.30. The zero-order valence-corrected chi connectivity index (χ0v) is 17.5. The summed E-state index contributed by atoms with van der Waals surface area (Å²) in [6.45, 7) is -0.155. The van der Waals surface area contributed by atoms with Gasteiger partial charge in [0.2, 0.25) is 5.91 Å². The molecule has 2 heterocycles. The summed E-state index contributed by atoms with van der Waals surface area (Å²) in [6, 6.07) is 14.8. The van der Waals surface area contributed by atoms with Crippen molar-refractivity contribution in [2.45, 2.75) is 6.54 Å². The Kier molecular flexibility index (Phi) is 5.30. The van der Waals surface area contributed by atoms with E-state index < -0.39 is 0 Å². The van der Waals surface area contributed by atoms with E-state index in [1.54, 1.807) is 18.2 Å². The van der Waals surface area contributed by atoms with Crippen LogP contribution in [0.1, 0.15) is 0 Å². The highest BCUT2D eigenvalue weighted by Gasteiger charge is 2.15. The van der Waals surface area contributed by atoms with Crippen molar-refractivity contribution in [3.05, 3.63) is 80.1 Å². The first-order valence-electron chi connectivity index (χ1n) is 8.30. The van der Waals surface area contributed by atoms with Crippen molar-refractivity contribution in [1.29, 1.82) is 0 Å². The summed E-state index contributed by atoms with van der Waals surface area (Å²) in [4.78, 5) is 30.4. The fourth-order valence-electron chi connectivity index (χ4n) is 2.85. The van der Waals surface area contributed by atoms with Crippen molar-refractivity contribution in [3.8, 4) is 11.1 Å². The molecule has 1 N–H and O–H groups in total. The molecule has 0 bridgehead atoms. The summed E-state index contributed by atoms with van der Waals surface area (Å²) >= 11 is 10.9. The van der Waals surface area contributed by atoms with E-state index in [4.69, 9.17) is 11.6 Å². The minimum absolute atomic E-state index is 0.155. The normalized spacial score (nSPS) is 10.9. The standard InChI is InChI=1S/C20H13BrClN3O2S/c21-13-6-7-16(15(22)8-13)24-17(26)9-25-11-23-19-18(20(25)27)14(10-28-19)12-4-2-1-3-5-12/h1-8,10-11H,9H2,(H,24,26). The second-order valence-corrected chi connectivity index (χ2v) is 8.23. The number of nitrogens with one attached hydrogen (secondary N) is 1. The Labute approximate surface area is 177 Å². The monoisotopic (exact) mass is 473 g/mol. The highest BCUT2D eigenvalue weighted by molar-refractivity contribution is 9.10. The quantitative estimate of drug-likeness (QED) is 0.443. The molecule has 4 aromatic rings. The van der Waals surface area contributed by atoms with Crippen molar-refractivity contribution in [1.82, 2.24) is 9.55 Å². The van der Waals surface area contributed by atoms with Gasteiger partial charge in [0.1, 0.15) is 11.4 Å². The molecule has 0 fully saturated rings. The van der Waals surface area contributed by atoms with Crippen LogP contribution in [0.4, 0.5) is 5.69 Å². The van der Waals surface area contributed by atoms with Gasteiger partial charge in [0, 0.05) is 15.4 Å². The van der Waals surface area contributed by atoms with Gasteiger partial charge in [-0.05, 0) is 23.8 Å². The van der Waals surface area contributed by atoms with Crippen LogP contribution in [-0.2, 0) is 11.3 Å². The molecule has 1 amide bonds. The summed E-state index contributed by atoms with van der Waals surface area (Å²) < 4.78 is 2.12. The number of hydrogen-bond donors (Lipinski definition) is 1. The van der Waals surface area contributed by atoms with Gasteiger partial charge >= 0.3 is 0 Å². The van der Waals surface area contributed by atoms with E-state index >= 15 is 0 Å². The van der Waals surface area contributed by atoms with Crippen LogP contribution in [0.2, 0.25) is 5.02 Å². The minimum atomic E-state index is -0.357. The van der Waals surface area contributed by atoms with Gasteiger partial charge < -0.3 is 5.32 Å². The molecule has 0 saturated carbocycles. The van der Waals surface area contributed by atoms with Gasteiger partial charge in [-0.1, -0.05) is 57.9 Å². The summed E-state index contributed by atoms with van der Waals surface area (Å²) in [5.74, 6) is -0.357. The lowest BCUT2D eigenvalue weighted by atomic mass is 10.1. The molecule has 140 valence electrons. The number of carbonyl (C=O) groups is 1. The lowest BCUT2D eigenvalue weighted by Gasteiger charge is -2.09. The molecule has 28 heavy (non-hydrogen) atoms. The summed E-state index contributed by atoms with van der Waals surface area (Å²) in [5, 5.41) is 5.57. The van der Waals surface area contributed by atoms with E-state index in [0.717, 1.165) is 15.6 Å². The number of aromatic nitrogens is 2. The van der Waals surface area contributed by atoms with E-state index in [2.05, 4.69) is 26.2 Å². The molecule has 8 heteroatoms. The smallest absolute Gasteiger partial charge is 0.263 e. The molecule has 0 radical (unpaired) electrons. The van der Waals surface area contributed by atoms with E-state index in [-0.39, 0.29) is 18.0 Å². The first-order chi connectivity index (χ1) is 13.5. The van der Waals surface area contributed by atoms with Crippen molar-refractivity contribution < 1.29 is 4.79 Å². The minimum Gasteiger partial charge on any atom is -0.323 e. The first kappa shape index (κ1) is 18.9. The van der Waals surface area contributed by atoms with Gasteiger partial charge in [0.25, 0.3) is 5.56 Å². The van der Waals surface area contributed by atoms with Gasteiger partial charge in [-0.2, -0.15) is 0 Å². The third-order valence-electron chi connectivity index (χ3n) is 4.16.